The second kappa shape index (κ2) is 6.73. The van der Waals surface area contributed by atoms with Gasteiger partial charge >= 0.3 is 6.61 Å². The van der Waals surface area contributed by atoms with Gasteiger partial charge < -0.3 is 15.0 Å². The van der Waals surface area contributed by atoms with Crippen molar-refractivity contribution in [2.45, 2.75) is 50.4 Å². The molecule has 1 atom stereocenters. The summed E-state index contributed by atoms with van der Waals surface area (Å²) in [5.74, 6) is 1.04. The number of hydrogen-bond donors (Lipinski definition) is 2. The largest absolute Gasteiger partial charge is 0.346 e. The molecule has 2 aromatic rings. The Morgan fingerprint density at radius 1 is 1.36 bits per heavy atom. The van der Waals surface area contributed by atoms with Crippen LogP contribution in [0.1, 0.15) is 54.8 Å². The molecule has 2 bridgehead atoms. The summed E-state index contributed by atoms with van der Waals surface area (Å²) in [5, 5.41) is 10.5. The Morgan fingerprint density at radius 2 is 2.18 bits per heavy atom. The molecule has 2 aromatic heterocycles. The van der Waals surface area contributed by atoms with Crippen LogP contribution in [-0.2, 0) is 4.74 Å². The van der Waals surface area contributed by atoms with E-state index in [9.17, 15) is 8.78 Å². The second-order valence-corrected chi connectivity index (χ2v) is 8.30. The number of hydrogen-bond acceptors (Lipinski definition) is 6. The van der Waals surface area contributed by atoms with Gasteiger partial charge in [-0.25, -0.2) is 9.97 Å². The van der Waals surface area contributed by atoms with Crippen molar-refractivity contribution in [3.8, 4) is 0 Å². The zero-order valence-electron chi connectivity index (χ0n) is 15.7. The molecule has 6 rings (SSSR count). The number of halogens is 2. The van der Waals surface area contributed by atoms with Crippen LogP contribution in [0.5, 0.6) is 0 Å². The van der Waals surface area contributed by atoms with E-state index < -0.39 is 12.7 Å². The van der Waals surface area contributed by atoms with Crippen molar-refractivity contribution < 1.29 is 13.5 Å². The summed E-state index contributed by atoms with van der Waals surface area (Å²) in [6, 6.07) is 3.87. The van der Waals surface area contributed by atoms with E-state index in [1.54, 1.807) is 12.3 Å². The number of rotatable bonds is 8. The molecule has 2 saturated heterocycles. The lowest BCUT2D eigenvalue weighted by Crippen LogP contribution is -2.41. The summed E-state index contributed by atoms with van der Waals surface area (Å²) in [7, 11) is 1.97. The smallest absolute Gasteiger partial charge is 0.337 e. The highest BCUT2D eigenvalue weighted by Crippen LogP contribution is 2.52. The predicted molar refractivity (Wildman–Crippen MR) is 98.3 cm³/mol. The molecule has 4 heterocycles. The molecule has 150 valence electrons. The number of nitrogens with one attached hydrogen (secondary N) is 2. The fourth-order valence-corrected chi connectivity index (χ4v) is 4.72. The molecule has 2 saturated carbocycles. The minimum absolute atomic E-state index is 0.277. The first-order valence-corrected chi connectivity index (χ1v) is 9.80. The lowest BCUT2D eigenvalue weighted by Gasteiger charge is -2.36. The average Bonchev–Trinajstić information content (AvgIpc) is 3.12. The van der Waals surface area contributed by atoms with Crippen LogP contribution in [0.2, 0.25) is 0 Å². The van der Waals surface area contributed by atoms with Gasteiger partial charge in [0.15, 0.2) is 0 Å². The van der Waals surface area contributed by atoms with Gasteiger partial charge in [0.25, 0.3) is 0 Å². The van der Waals surface area contributed by atoms with Gasteiger partial charge in [0, 0.05) is 42.4 Å². The molecule has 7 nitrogen and oxygen atoms in total. The van der Waals surface area contributed by atoms with Crippen molar-refractivity contribution in [3.05, 3.63) is 35.4 Å². The van der Waals surface area contributed by atoms with E-state index in [2.05, 4.69) is 30.4 Å². The van der Waals surface area contributed by atoms with Crippen LogP contribution in [0.4, 0.5) is 14.7 Å². The minimum Gasteiger partial charge on any atom is -0.337 e. The summed E-state index contributed by atoms with van der Waals surface area (Å²) >= 11 is 0. The van der Waals surface area contributed by atoms with Gasteiger partial charge in [0.1, 0.15) is 6.10 Å². The maximum absolute atomic E-state index is 13.1. The summed E-state index contributed by atoms with van der Waals surface area (Å²) in [4.78, 5) is 11.2. The lowest BCUT2D eigenvalue weighted by molar-refractivity contribution is -0.155. The van der Waals surface area contributed by atoms with Crippen LogP contribution >= 0.6 is 0 Å². The summed E-state index contributed by atoms with van der Waals surface area (Å²) in [6.07, 6.45) is 5.03. The van der Waals surface area contributed by atoms with Gasteiger partial charge in [-0.05, 0) is 44.9 Å². The van der Waals surface area contributed by atoms with Crippen LogP contribution < -0.4 is 10.2 Å². The van der Waals surface area contributed by atoms with E-state index in [1.807, 2.05) is 13.1 Å². The number of aromatic nitrogens is 4. The Labute approximate surface area is 161 Å². The van der Waals surface area contributed by atoms with Crippen molar-refractivity contribution in [2.75, 3.05) is 25.0 Å². The van der Waals surface area contributed by atoms with Gasteiger partial charge in [-0.1, -0.05) is 0 Å². The zero-order chi connectivity index (χ0) is 19.3. The van der Waals surface area contributed by atoms with E-state index in [0.29, 0.717) is 29.3 Å². The lowest BCUT2D eigenvalue weighted by atomic mass is 9.70. The Bertz CT molecular complexity index is 848. The molecular formula is C19H24F2N6O. The van der Waals surface area contributed by atoms with Gasteiger partial charge in [-0.15, -0.1) is 0 Å². The van der Waals surface area contributed by atoms with Crippen LogP contribution in [0.25, 0.3) is 0 Å². The highest BCUT2D eigenvalue weighted by Gasteiger charge is 2.55. The predicted octanol–water partition coefficient (Wildman–Crippen LogP) is 2.59. The molecule has 4 aliphatic rings. The van der Waals surface area contributed by atoms with Crippen LogP contribution in [0.15, 0.2) is 18.3 Å². The van der Waals surface area contributed by atoms with E-state index in [0.717, 1.165) is 44.5 Å². The van der Waals surface area contributed by atoms with Crippen LogP contribution in [0, 0.1) is 5.41 Å². The molecule has 2 aliphatic carbocycles. The SMILES string of the molecule is CNCC12CC(C1)N(c1nccc(C(OC(F)F)c3cc(C4CC4)[nH]n3)n1)C2. The van der Waals surface area contributed by atoms with Crippen molar-refractivity contribution in [1.82, 2.24) is 25.5 Å². The summed E-state index contributed by atoms with van der Waals surface area (Å²) < 4.78 is 31.2. The fourth-order valence-electron chi connectivity index (χ4n) is 4.72. The van der Waals surface area contributed by atoms with Crippen LogP contribution in [-0.4, -0.2) is 53.0 Å². The first-order valence-electron chi connectivity index (χ1n) is 9.80. The van der Waals surface area contributed by atoms with E-state index >= 15 is 0 Å². The molecular weight excluding hydrogens is 366 g/mol. The molecule has 1 unspecified atom stereocenters. The molecule has 4 fully saturated rings. The van der Waals surface area contributed by atoms with Crippen molar-refractivity contribution in [3.63, 3.8) is 0 Å². The summed E-state index contributed by atoms with van der Waals surface area (Å²) in [6.45, 7) is -1.06. The standard InChI is InChI=1S/C19H24F2N6O/c1-22-9-19-7-12(8-19)27(10-19)18-23-5-4-13(24-18)16(28-17(20)21)15-6-14(25-26-15)11-2-3-11/h4-6,11-12,16-17,22H,2-3,7-10H2,1H3,(H,25,26). The number of ether oxygens (including phenoxy) is 1. The number of alkyl halides is 2. The van der Waals surface area contributed by atoms with Crippen molar-refractivity contribution in [2.24, 2.45) is 5.41 Å². The zero-order valence-corrected chi connectivity index (χ0v) is 15.7. The number of aromatic amines is 1. The summed E-state index contributed by atoms with van der Waals surface area (Å²) in [5.41, 5.74) is 2.09. The molecule has 0 aromatic carbocycles. The quantitative estimate of drug-likeness (QED) is 0.721. The molecule has 9 heteroatoms. The van der Waals surface area contributed by atoms with Crippen molar-refractivity contribution >= 4 is 5.95 Å². The first-order chi connectivity index (χ1) is 13.6. The molecule has 2 N–H and O–H groups in total. The topological polar surface area (TPSA) is 79.0 Å². The van der Waals surface area contributed by atoms with E-state index in [4.69, 9.17) is 4.74 Å². The van der Waals surface area contributed by atoms with Gasteiger partial charge in [-0.2, -0.15) is 13.9 Å². The maximum Gasteiger partial charge on any atom is 0.346 e. The molecule has 0 radical (unpaired) electrons. The number of H-pyrrole nitrogens is 1. The molecule has 28 heavy (non-hydrogen) atoms. The Balaban J connectivity index is 1.41. The monoisotopic (exact) mass is 390 g/mol. The molecule has 0 spiro atoms. The Hall–Kier alpha value is -2.13. The van der Waals surface area contributed by atoms with E-state index in [1.165, 1.54) is 0 Å². The highest BCUT2D eigenvalue weighted by atomic mass is 19.3. The Kier molecular flexibility index (Phi) is 4.31. The molecule has 2 aliphatic heterocycles. The normalized spacial score (nSPS) is 27.3. The van der Waals surface area contributed by atoms with Gasteiger partial charge in [0.2, 0.25) is 5.95 Å². The highest BCUT2D eigenvalue weighted by molar-refractivity contribution is 5.41. The van der Waals surface area contributed by atoms with Crippen LogP contribution in [0.3, 0.4) is 0 Å². The van der Waals surface area contributed by atoms with E-state index in [-0.39, 0.29) is 5.41 Å². The number of fused-ring (bicyclic) bond motifs is 1. The first kappa shape index (κ1) is 17.9. The van der Waals surface area contributed by atoms with Gasteiger partial charge in [-0.3, -0.25) is 5.10 Å². The second-order valence-electron chi connectivity index (χ2n) is 8.30. The minimum atomic E-state index is -2.91. The van der Waals surface area contributed by atoms with Gasteiger partial charge in [0.05, 0.1) is 11.4 Å². The fraction of sp³-hybridized carbons (Fsp3) is 0.632. The third-order valence-corrected chi connectivity index (χ3v) is 6.17. The maximum atomic E-state index is 13.1. The number of nitrogens with zero attached hydrogens (tertiary/aromatic N) is 4. The number of anilines is 1. The Morgan fingerprint density at radius 3 is 2.89 bits per heavy atom. The average molecular weight is 390 g/mol. The van der Waals surface area contributed by atoms with Crippen molar-refractivity contribution in [1.29, 1.82) is 0 Å². The third kappa shape index (κ3) is 3.16. The molecule has 0 amide bonds. The third-order valence-electron chi connectivity index (χ3n) is 6.17.